The molecule has 0 aliphatic heterocycles. The predicted molar refractivity (Wildman–Crippen MR) is 107 cm³/mol. The van der Waals surface area contributed by atoms with E-state index in [1.165, 1.54) is 0 Å². The van der Waals surface area contributed by atoms with E-state index in [1.807, 2.05) is 18.2 Å². The number of rotatable bonds is 12. The van der Waals surface area contributed by atoms with Gasteiger partial charge in [0.2, 0.25) is 11.8 Å². The minimum Gasteiger partial charge on any atom is -0.466 e. The van der Waals surface area contributed by atoms with Gasteiger partial charge < -0.3 is 30.9 Å². The van der Waals surface area contributed by atoms with Gasteiger partial charge in [0, 0.05) is 6.54 Å². The van der Waals surface area contributed by atoms with Crippen molar-refractivity contribution in [3.63, 3.8) is 0 Å². The lowest BCUT2D eigenvalue weighted by Crippen LogP contribution is -2.47. The van der Waals surface area contributed by atoms with Crippen molar-refractivity contribution in [2.75, 3.05) is 13.2 Å². The van der Waals surface area contributed by atoms with E-state index < -0.39 is 41.9 Å². The molecule has 1 aromatic carbocycles. The summed E-state index contributed by atoms with van der Waals surface area (Å²) in [6, 6.07) is 7.96. The number of hydrogen-bond acceptors (Lipinski definition) is 7. The van der Waals surface area contributed by atoms with E-state index in [0.717, 1.165) is 5.56 Å². The molecule has 30 heavy (non-hydrogen) atoms. The maximum absolute atomic E-state index is 12.1. The molecule has 0 saturated carbocycles. The number of nitrogens with one attached hydrogen (secondary N) is 2. The first kappa shape index (κ1) is 24.9. The molecule has 1 rings (SSSR count). The second-order valence-corrected chi connectivity index (χ2v) is 6.71. The van der Waals surface area contributed by atoms with E-state index >= 15 is 0 Å². The molecule has 0 aliphatic rings. The van der Waals surface area contributed by atoms with Gasteiger partial charge in [0.15, 0.2) is 0 Å². The van der Waals surface area contributed by atoms with Crippen LogP contribution in [0.3, 0.4) is 0 Å². The number of hydrogen-bond donors (Lipinski definition) is 4. The Bertz CT molecular complexity index is 712. The quantitative estimate of drug-likeness (QED) is 0.350. The van der Waals surface area contributed by atoms with Crippen LogP contribution in [0.4, 0.5) is 4.79 Å². The zero-order chi connectivity index (χ0) is 22.5. The molecular formula is C20H29N3O7. The van der Waals surface area contributed by atoms with Crippen LogP contribution < -0.4 is 16.4 Å². The molecule has 0 spiro atoms. The number of ether oxygens (including phenoxy) is 2. The fourth-order valence-electron chi connectivity index (χ4n) is 2.50. The molecule has 3 atom stereocenters. The van der Waals surface area contributed by atoms with Crippen LogP contribution in [0.15, 0.2) is 30.3 Å². The van der Waals surface area contributed by atoms with Crippen molar-refractivity contribution < 1.29 is 33.8 Å². The van der Waals surface area contributed by atoms with Gasteiger partial charge in [-0.2, -0.15) is 0 Å². The molecular weight excluding hydrogens is 394 g/mol. The normalized spacial score (nSPS) is 13.4. The summed E-state index contributed by atoms with van der Waals surface area (Å²) in [6.07, 6.45) is -2.35. The molecule has 10 heteroatoms. The van der Waals surface area contributed by atoms with Gasteiger partial charge >= 0.3 is 12.1 Å². The molecule has 0 aliphatic carbocycles. The van der Waals surface area contributed by atoms with Crippen LogP contribution in [0, 0.1) is 5.92 Å². The minimum atomic E-state index is -1.20. The lowest BCUT2D eigenvalue weighted by atomic mass is 10.0. The highest BCUT2D eigenvalue weighted by Crippen LogP contribution is 2.09. The summed E-state index contributed by atoms with van der Waals surface area (Å²) in [5.41, 5.74) is 6.08. The van der Waals surface area contributed by atoms with Crippen LogP contribution >= 0.6 is 0 Å². The topological polar surface area (TPSA) is 157 Å². The van der Waals surface area contributed by atoms with Crippen LogP contribution in [0.25, 0.3) is 0 Å². The van der Waals surface area contributed by atoms with Crippen LogP contribution in [-0.2, 0) is 30.5 Å². The molecule has 0 fully saturated rings. The Morgan fingerprint density at radius 2 is 1.80 bits per heavy atom. The number of aliphatic hydroxyl groups is 1. The molecule has 166 valence electrons. The van der Waals surface area contributed by atoms with E-state index in [4.69, 9.17) is 15.2 Å². The summed E-state index contributed by atoms with van der Waals surface area (Å²) in [4.78, 5) is 47.0. The number of carbonyl (C=O) groups is 4. The van der Waals surface area contributed by atoms with Gasteiger partial charge in [-0.15, -0.1) is 0 Å². The van der Waals surface area contributed by atoms with Crippen molar-refractivity contribution in [1.82, 2.24) is 10.6 Å². The first-order valence-corrected chi connectivity index (χ1v) is 9.60. The highest BCUT2D eigenvalue weighted by Gasteiger charge is 2.26. The summed E-state index contributed by atoms with van der Waals surface area (Å²) in [5.74, 6) is -2.61. The number of carbonyl (C=O) groups excluding carboxylic acids is 4. The molecule has 10 nitrogen and oxygen atoms in total. The van der Waals surface area contributed by atoms with E-state index in [2.05, 4.69) is 10.6 Å². The first-order chi connectivity index (χ1) is 14.2. The lowest BCUT2D eigenvalue weighted by molar-refractivity contribution is -0.148. The molecule has 0 aromatic heterocycles. The average molecular weight is 423 g/mol. The van der Waals surface area contributed by atoms with Crippen LogP contribution in [0.2, 0.25) is 0 Å². The molecule has 0 unspecified atom stereocenters. The zero-order valence-electron chi connectivity index (χ0n) is 17.1. The smallest absolute Gasteiger partial charge is 0.407 e. The minimum absolute atomic E-state index is 0.0277. The number of alkyl carbamates (subject to hydrolysis) is 1. The standard InChI is InChI=1S/C20H29N3O7/c1-3-29-19(27)13(2)9-16(18(21)26)23-17(25)10-15(24)11-22-20(28)30-12-14-7-5-4-6-8-14/h4-8,13,15-16,24H,3,9-12H2,1-2H3,(H2,21,26)(H,22,28)(H,23,25)/t13-,15+,16+/m0/s1. The Morgan fingerprint density at radius 1 is 1.13 bits per heavy atom. The van der Waals surface area contributed by atoms with Crippen LogP contribution in [0.5, 0.6) is 0 Å². The second-order valence-electron chi connectivity index (χ2n) is 6.71. The third-order valence-corrected chi connectivity index (χ3v) is 4.07. The molecule has 0 radical (unpaired) electrons. The summed E-state index contributed by atoms with van der Waals surface area (Å²) in [5, 5.41) is 14.7. The Kier molecular flexibility index (Phi) is 10.9. The summed E-state index contributed by atoms with van der Waals surface area (Å²) < 4.78 is 9.86. The van der Waals surface area contributed by atoms with Crippen molar-refractivity contribution in [3.8, 4) is 0 Å². The molecule has 1 aromatic rings. The lowest BCUT2D eigenvalue weighted by Gasteiger charge is -2.20. The number of amides is 3. The SMILES string of the molecule is CCOC(=O)[C@@H](C)C[C@@H](NC(=O)C[C@@H](O)CNC(=O)OCc1ccccc1)C(N)=O. The van der Waals surface area contributed by atoms with Gasteiger partial charge in [-0.1, -0.05) is 37.3 Å². The van der Waals surface area contributed by atoms with E-state index in [0.29, 0.717) is 0 Å². The number of benzene rings is 1. The number of primary amides is 1. The number of nitrogens with two attached hydrogens (primary N) is 1. The Hall–Kier alpha value is -3.14. The Labute approximate surface area is 175 Å². The number of esters is 1. The maximum atomic E-state index is 12.1. The van der Waals surface area contributed by atoms with Crippen molar-refractivity contribution in [3.05, 3.63) is 35.9 Å². The predicted octanol–water partition coefficient (Wildman–Crippen LogP) is 0.223. The zero-order valence-corrected chi connectivity index (χ0v) is 17.1. The summed E-state index contributed by atoms with van der Waals surface area (Å²) >= 11 is 0. The highest BCUT2D eigenvalue weighted by molar-refractivity contribution is 5.87. The van der Waals surface area contributed by atoms with E-state index in [-0.39, 0.29) is 32.6 Å². The molecule has 0 bridgehead atoms. The molecule has 0 heterocycles. The van der Waals surface area contributed by atoms with Gasteiger partial charge in [-0.05, 0) is 18.9 Å². The van der Waals surface area contributed by atoms with Crippen molar-refractivity contribution in [1.29, 1.82) is 0 Å². The highest BCUT2D eigenvalue weighted by atomic mass is 16.5. The molecule has 0 saturated heterocycles. The van der Waals surface area contributed by atoms with Crippen molar-refractivity contribution in [2.24, 2.45) is 11.7 Å². The van der Waals surface area contributed by atoms with Gasteiger partial charge in [0.1, 0.15) is 12.6 Å². The maximum Gasteiger partial charge on any atom is 0.407 e. The first-order valence-electron chi connectivity index (χ1n) is 9.60. The Morgan fingerprint density at radius 3 is 2.40 bits per heavy atom. The largest absolute Gasteiger partial charge is 0.466 e. The fraction of sp³-hybridized carbons (Fsp3) is 0.500. The van der Waals surface area contributed by atoms with E-state index in [9.17, 15) is 24.3 Å². The van der Waals surface area contributed by atoms with Crippen LogP contribution in [0.1, 0.15) is 32.3 Å². The molecule has 5 N–H and O–H groups in total. The third kappa shape index (κ3) is 9.87. The number of aliphatic hydroxyl groups excluding tert-OH is 1. The monoisotopic (exact) mass is 423 g/mol. The summed E-state index contributed by atoms with van der Waals surface area (Å²) in [6.45, 7) is 3.26. The average Bonchev–Trinajstić information content (AvgIpc) is 2.70. The van der Waals surface area contributed by atoms with Gasteiger partial charge in [-0.3, -0.25) is 14.4 Å². The van der Waals surface area contributed by atoms with Crippen LogP contribution in [-0.4, -0.2) is 54.3 Å². The van der Waals surface area contributed by atoms with Gasteiger partial charge in [0.25, 0.3) is 0 Å². The summed E-state index contributed by atoms with van der Waals surface area (Å²) in [7, 11) is 0. The van der Waals surface area contributed by atoms with E-state index in [1.54, 1.807) is 26.0 Å². The van der Waals surface area contributed by atoms with Gasteiger partial charge in [0.05, 0.1) is 25.0 Å². The van der Waals surface area contributed by atoms with Gasteiger partial charge in [-0.25, -0.2) is 4.79 Å². The third-order valence-electron chi connectivity index (χ3n) is 4.07. The Balaban J connectivity index is 2.37. The van der Waals surface area contributed by atoms with Crippen molar-refractivity contribution in [2.45, 2.75) is 45.4 Å². The molecule has 3 amide bonds. The fourth-order valence-corrected chi connectivity index (χ4v) is 2.50. The second kappa shape index (κ2) is 13.2. The van der Waals surface area contributed by atoms with Crippen molar-refractivity contribution >= 4 is 23.9 Å².